The third kappa shape index (κ3) is 3.16. The van der Waals surface area contributed by atoms with Crippen LogP contribution in [0.2, 0.25) is 5.02 Å². The lowest BCUT2D eigenvalue weighted by molar-refractivity contribution is 0.0493. The van der Waals surface area contributed by atoms with Crippen molar-refractivity contribution >= 4 is 21.6 Å². The predicted octanol–water partition coefficient (Wildman–Crippen LogP) is 2.80. The van der Waals surface area contributed by atoms with Crippen LogP contribution in [-0.2, 0) is 20.2 Å². The molecule has 0 unspecified atom stereocenters. The van der Waals surface area contributed by atoms with E-state index in [9.17, 15) is 8.42 Å². The highest BCUT2D eigenvalue weighted by molar-refractivity contribution is 7.89. The van der Waals surface area contributed by atoms with Gasteiger partial charge in [-0.15, -0.1) is 0 Å². The molecule has 7 heteroatoms. The smallest absolute Gasteiger partial charge is 0.244 e. The number of nitrogens with zero attached hydrogens (tertiary/aromatic N) is 2. The quantitative estimate of drug-likeness (QED) is 0.804. The summed E-state index contributed by atoms with van der Waals surface area (Å²) in [5.74, 6) is 0. The van der Waals surface area contributed by atoms with Crippen LogP contribution in [0.3, 0.4) is 0 Å². The van der Waals surface area contributed by atoms with Crippen LogP contribution in [0.5, 0.6) is 0 Å². The van der Waals surface area contributed by atoms with Gasteiger partial charge in [-0.2, -0.15) is 9.57 Å². The lowest BCUT2D eigenvalue weighted by atomic mass is 9.76. The van der Waals surface area contributed by atoms with Gasteiger partial charge >= 0.3 is 0 Å². The maximum atomic E-state index is 12.9. The molecule has 5 nitrogen and oxygen atoms in total. The summed E-state index contributed by atoms with van der Waals surface area (Å²) < 4.78 is 32.6. The Balaban J connectivity index is 1.91. The summed E-state index contributed by atoms with van der Waals surface area (Å²) in [6.07, 6.45) is 0. The van der Waals surface area contributed by atoms with Crippen molar-refractivity contribution in [2.45, 2.75) is 10.3 Å². The van der Waals surface area contributed by atoms with Crippen LogP contribution >= 0.6 is 11.6 Å². The van der Waals surface area contributed by atoms with E-state index in [1.54, 1.807) is 7.11 Å². The number of benzene rings is 2. The van der Waals surface area contributed by atoms with Crippen LogP contribution in [0.15, 0.2) is 53.4 Å². The molecule has 0 aliphatic carbocycles. The van der Waals surface area contributed by atoms with Gasteiger partial charge in [-0.1, -0.05) is 41.9 Å². The average molecular weight is 377 g/mol. The Labute approximate surface area is 152 Å². The number of hydrogen-bond acceptors (Lipinski definition) is 4. The zero-order valence-electron chi connectivity index (χ0n) is 13.6. The molecule has 0 bridgehead atoms. The fraction of sp³-hybridized carbons (Fsp3) is 0.278. The van der Waals surface area contributed by atoms with Crippen molar-refractivity contribution in [1.29, 1.82) is 5.26 Å². The fourth-order valence-electron chi connectivity index (χ4n) is 3.13. The SMILES string of the molecule is COCC1(c2ccccc2)CN(S(=O)(=O)c2cc(C#N)ccc2Cl)C1. The topological polar surface area (TPSA) is 70.4 Å². The molecule has 1 aliphatic rings. The highest BCUT2D eigenvalue weighted by atomic mass is 35.5. The van der Waals surface area contributed by atoms with E-state index in [1.807, 2.05) is 36.4 Å². The van der Waals surface area contributed by atoms with E-state index in [4.69, 9.17) is 21.6 Å². The Bertz CT molecular complexity index is 917. The van der Waals surface area contributed by atoms with Gasteiger partial charge in [0.1, 0.15) is 4.90 Å². The second kappa shape index (κ2) is 6.77. The molecule has 0 atom stereocenters. The number of ether oxygens (including phenoxy) is 1. The van der Waals surface area contributed by atoms with Crippen molar-refractivity contribution in [2.24, 2.45) is 0 Å². The number of sulfonamides is 1. The van der Waals surface area contributed by atoms with Crippen molar-refractivity contribution in [3.05, 3.63) is 64.7 Å². The van der Waals surface area contributed by atoms with Crippen molar-refractivity contribution < 1.29 is 13.2 Å². The van der Waals surface area contributed by atoms with Gasteiger partial charge in [0.25, 0.3) is 0 Å². The molecule has 0 N–H and O–H groups in total. The minimum Gasteiger partial charge on any atom is -0.384 e. The molecule has 1 saturated heterocycles. The molecule has 0 amide bonds. The molecule has 0 aromatic heterocycles. The van der Waals surface area contributed by atoms with Crippen molar-refractivity contribution in [2.75, 3.05) is 26.8 Å². The Hall–Kier alpha value is -1.91. The fourth-order valence-corrected chi connectivity index (χ4v) is 5.25. The number of hydrogen-bond donors (Lipinski definition) is 0. The molecule has 0 radical (unpaired) electrons. The van der Waals surface area contributed by atoms with Crippen LogP contribution < -0.4 is 0 Å². The van der Waals surface area contributed by atoms with Crippen LogP contribution in [0.4, 0.5) is 0 Å². The summed E-state index contributed by atoms with van der Waals surface area (Å²) >= 11 is 6.07. The van der Waals surface area contributed by atoms with Gasteiger partial charge in [-0.3, -0.25) is 0 Å². The van der Waals surface area contributed by atoms with Crippen LogP contribution in [0.1, 0.15) is 11.1 Å². The minimum atomic E-state index is -3.77. The normalized spacial score (nSPS) is 16.8. The maximum Gasteiger partial charge on any atom is 0.244 e. The van der Waals surface area contributed by atoms with Gasteiger partial charge in [0, 0.05) is 25.6 Å². The summed E-state index contributed by atoms with van der Waals surface area (Å²) in [4.78, 5) is -0.0349. The lowest BCUT2D eigenvalue weighted by Crippen LogP contribution is -2.63. The van der Waals surface area contributed by atoms with E-state index >= 15 is 0 Å². The number of nitriles is 1. The van der Waals surface area contributed by atoms with Gasteiger partial charge < -0.3 is 4.74 Å². The van der Waals surface area contributed by atoms with Crippen LogP contribution in [-0.4, -0.2) is 39.5 Å². The van der Waals surface area contributed by atoms with Crippen LogP contribution in [0, 0.1) is 11.3 Å². The molecule has 3 rings (SSSR count). The molecule has 2 aromatic rings. The van der Waals surface area contributed by atoms with Gasteiger partial charge in [0.15, 0.2) is 0 Å². The first-order valence-electron chi connectivity index (χ1n) is 7.67. The van der Waals surface area contributed by atoms with Crippen molar-refractivity contribution in [3.63, 3.8) is 0 Å². The first-order chi connectivity index (χ1) is 11.9. The Morgan fingerprint density at radius 3 is 2.52 bits per heavy atom. The number of halogens is 1. The van der Waals surface area contributed by atoms with Gasteiger partial charge in [0.05, 0.1) is 23.3 Å². The zero-order chi connectivity index (χ0) is 18.1. The van der Waals surface area contributed by atoms with Crippen molar-refractivity contribution in [1.82, 2.24) is 4.31 Å². The zero-order valence-corrected chi connectivity index (χ0v) is 15.2. The predicted molar refractivity (Wildman–Crippen MR) is 94.9 cm³/mol. The lowest BCUT2D eigenvalue weighted by Gasteiger charge is -2.49. The second-order valence-corrected chi connectivity index (χ2v) is 8.42. The third-order valence-corrected chi connectivity index (χ3v) is 6.72. The van der Waals surface area contributed by atoms with Crippen LogP contribution in [0.25, 0.3) is 0 Å². The van der Waals surface area contributed by atoms with E-state index in [0.29, 0.717) is 19.7 Å². The Kier molecular flexibility index (Phi) is 4.85. The second-order valence-electron chi connectivity index (χ2n) is 6.11. The molecule has 2 aromatic carbocycles. The molecule has 0 saturated carbocycles. The molecule has 0 spiro atoms. The van der Waals surface area contributed by atoms with E-state index in [0.717, 1.165) is 5.56 Å². The average Bonchev–Trinajstić information content (AvgIpc) is 2.58. The summed E-state index contributed by atoms with van der Waals surface area (Å²) in [6.45, 7) is 1.04. The summed E-state index contributed by atoms with van der Waals surface area (Å²) in [5, 5.41) is 9.13. The monoisotopic (exact) mass is 376 g/mol. The Morgan fingerprint density at radius 1 is 1.24 bits per heavy atom. The Morgan fingerprint density at radius 2 is 1.92 bits per heavy atom. The first-order valence-corrected chi connectivity index (χ1v) is 9.49. The maximum absolute atomic E-state index is 12.9. The molecule has 130 valence electrons. The summed E-state index contributed by atoms with van der Waals surface area (Å²) in [5.41, 5.74) is 0.928. The van der Waals surface area contributed by atoms with Gasteiger partial charge in [0.2, 0.25) is 10.0 Å². The molecular formula is C18H17ClN2O3S. The molecule has 1 fully saturated rings. The van der Waals surface area contributed by atoms with E-state index in [1.165, 1.54) is 22.5 Å². The summed E-state index contributed by atoms with van der Waals surface area (Å²) in [6, 6.07) is 15.9. The molecular weight excluding hydrogens is 360 g/mol. The van der Waals surface area contributed by atoms with Gasteiger partial charge in [-0.25, -0.2) is 8.42 Å². The largest absolute Gasteiger partial charge is 0.384 e. The highest BCUT2D eigenvalue weighted by Gasteiger charge is 2.50. The van der Waals surface area contributed by atoms with Crippen molar-refractivity contribution in [3.8, 4) is 6.07 Å². The van der Waals surface area contributed by atoms with E-state index < -0.39 is 10.0 Å². The number of rotatable bonds is 5. The molecule has 1 aliphatic heterocycles. The standard InChI is InChI=1S/C18H17ClN2O3S/c1-24-13-18(15-5-3-2-4-6-15)11-21(12-18)25(22,23)17-9-14(10-20)7-8-16(17)19/h2-9H,11-13H2,1H3. The first kappa shape index (κ1) is 17.9. The molecule has 25 heavy (non-hydrogen) atoms. The summed E-state index contributed by atoms with van der Waals surface area (Å²) in [7, 11) is -2.16. The van der Waals surface area contributed by atoms with E-state index in [-0.39, 0.29) is 20.9 Å². The minimum absolute atomic E-state index is 0.0349. The molecule has 1 heterocycles. The number of methoxy groups -OCH3 is 1. The van der Waals surface area contributed by atoms with Gasteiger partial charge in [-0.05, 0) is 23.8 Å². The third-order valence-electron chi connectivity index (χ3n) is 4.44. The van der Waals surface area contributed by atoms with E-state index in [2.05, 4.69) is 0 Å². The highest BCUT2D eigenvalue weighted by Crippen LogP contribution is 2.39.